The van der Waals surface area contributed by atoms with Gasteiger partial charge in [-0.1, -0.05) is 300 Å². The van der Waals surface area contributed by atoms with Crippen LogP contribution in [0.5, 0.6) is 0 Å². The van der Waals surface area contributed by atoms with E-state index in [1.54, 1.807) is 0 Å². The van der Waals surface area contributed by atoms with Gasteiger partial charge in [-0.3, -0.25) is 14.4 Å². The molecule has 0 saturated carbocycles. The zero-order chi connectivity index (χ0) is 54.3. The number of unbranched alkanes of at least 4 members (excludes halogenated alkanes) is 39. The highest BCUT2D eigenvalue weighted by Crippen LogP contribution is 2.18. The Morgan fingerprint density at radius 2 is 0.520 bits per heavy atom. The molecule has 75 heavy (non-hydrogen) atoms. The monoisotopic (exact) mass is 1050 g/mol. The van der Waals surface area contributed by atoms with Crippen molar-refractivity contribution in [3.05, 3.63) is 60.8 Å². The van der Waals surface area contributed by atoms with Gasteiger partial charge < -0.3 is 14.2 Å². The minimum Gasteiger partial charge on any atom is -0.462 e. The number of hydrogen-bond acceptors (Lipinski definition) is 6. The Morgan fingerprint density at radius 3 is 0.840 bits per heavy atom. The van der Waals surface area contributed by atoms with Crippen molar-refractivity contribution in [1.82, 2.24) is 0 Å². The van der Waals surface area contributed by atoms with Crippen molar-refractivity contribution in [3.8, 4) is 0 Å². The summed E-state index contributed by atoms with van der Waals surface area (Å²) in [4.78, 5) is 38.2. The molecule has 0 aliphatic rings. The third-order valence-electron chi connectivity index (χ3n) is 14.5. The number of carbonyl (C=O) groups excluding carboxylic acids is 3. The summed E-state index contributed by atoms with van der Waals surface area (Å²) in [5, 5.41) is 0. The van der Waals surface area contributed by atoms with Crippen molar-refractivity contribution in [1.29, 1.82) is 0 Å². The second kappa shape index (κ2) is 63.6. The summed E-state index contributed by atoms with van der Waals surface area (Å²) in [5.74, 6) is -0.915. The molecule has 0 fully saturated rings. The van der Waals surface area contributed by atoms with Crippen LogP contribution in [0.25, 0.3) is 0 Å². The van der Waals surface area contributed by atoms with Crippen LogP contribution in [0.2, 0.25) is 0 Å². The maximum absolute atomic E-state index is 12.9. The van der Waals surface area contributed by atoms with Crippen molar-refractivity contribution in [2.45, 2.75) is 348 Å². The molecule has 0 rings (SSSR count). The van der Waals surface area contributed by atoms with Gasteiger partial charge in [-0.15, -0.1) is 0 Å². The summed E-state index contributed by atoms with van der Waals surface area (Å²) in [6.07, 6.45) is 81.1. The van der Waals surface area contributed by atoms with Gasteiger partial charge in [0.1, 0.15) is 13.2 Å². The fourth-order valence-corrected chi connectivity index (χ4v) is 9.61. The number of hydrogen-bond donors (Lipinski definition) is 0. The normalized spacial score (nSPS) is 12.4. The maximum atomic E-state index is 12.9. The molecule has 0 saturated heterocycles. The molecule has 0 heterocycles. The first-order valence-corrected chi connectivity index (χ1v) is 32.8. The smallest absolute Gasteiger partial charge is 0.306 e. The molecule has 1 atom stereocenters. The lowest BCUT2D eigenvalue weighted by atomic mass is 10.0. The van der Waals surface area contributed by atoms with Crippen LogP contribution in [0.15, 0.2) is 60.8 Å². The van der Waals surface area contributed by atoms with Crippen molar-refractivity contribution >= 4 is 17.9 Å². The van der Waals surface area contributed by atoms with Gasteiger partial charge in [-0.2, -0.15) is 0 Å². The molecule has 0 bridgehead atoms. The second-order valence-electron chi connectivity index (χ2n) is 22.0. The van der Waals surface area contributed by atoms with Gasteiger partial charge in [0.2, 0.25) is 0 Å². The zero-order valence-corrected chi connectivity index (χ0v) is 50.1. The van der Waals surface area contributed by atoms with E-state index in [-0.39, 0.29) is 31.1 Å². The van der Waals surface area contributed by atoms with Crippen molar-refractivity contribution < 1.29 is 28.6 Å². The van der Waals surface area contributed by atoms with E-state index in [2.05, 4.69) is 81.5 Å². The third kappa shape index (κ3) is 61.8. The Balaban J connectivity index is 4.21. The molecule has 0 aromatic rings. The Kier molecular flexibility index (Phi) is 61.2. The number of rotatable bonds is 60. The summed E-state index contributed by atoms with van der Waals surface area (Å²) in [6.45, 7) is 6.52. The number of esters is 3. The molecule has 6 nitrogen and oxygen atoms in total. The highest BCUT2D eigenvalue weighted by Gasteiger charge is 2.19. The van der Waals surface area contributed by atoms with E-state index >= 15 is 0 Å². The van der Waals surface area contributed by atoms with E-state index in [9.17, 15) is 14.4 Å². The number of carbonyl (C=O) groups is 3. The fraction of sp³-hybridized carbons (Fsp3) is 0.812. The maximum Gasteiger partial charge on any atom is 0.306 e. The molecular formula is C69H124O6. The number of allylic oxidation sites excluding steroid dienone is 10. The average molecular weight is 1050 g/mol. The molecule has 0 N–H and O–H groups in total. The first-order chi connectivity index (χ1) is 37.0. The molecule has 0 aromatic carbocycles. The molecule has 0 amide bonds. The summed E-state index contributed by atoms with van der Waals surface area (Å²) in [6, 6.07) is 0. The Hall–Kier alpha value is -2.89. The van der Waals surface area contributed by atoms with Crippen LogP contribution in [0.4, 0.5) is 0 Å². The predicted octanol–water partition coefficient (Wildman–Crippen LogP) is 22.3. The molecule has 436 valence electrons. The van der Waals surface area contributed by atoms with Gasteiger partial charge in [0.05, 0.1) is 0 Å². The molecule has 0 aliphatic heterocycles. The van der Waals surface area contributed by atoms with Crippen LogP contribution in [0.3, 0.4) is 0 Å². The van der Waals surface area contributed by atoms with Crippen LogP contribution >= 0.6 is 0 Å². The minimum atomic E-state index is -0.793. The average Bonchev–Trinajstić information content (AvgIpc) is 3.41. The standard InChI is InChI=1S/C69H124O6/c1-4-7-10-13-16-19-22-25-27-29-30-31-32-33-34-35-36-37-38-39-40-42-44-47-50-53-56-59-62-68(71)74-65-66(64-73-67(70)61-58-55-52-49-46-43-24-21-18-15-12-9-6-3)75-69(72)63-60-57-54-51-48-45-41-28-26-23-20-17-14-11-8-5-2/h9,12,18,20-21,23,28,41,43,46,66H,4-8,10-11,13-17,19,22,24-27,29-40,42,44-45,47-65H2,1-3H3/b12-9-,21-18-,23-20-,41-28-,46-43-. The van der Waals surface area contributed by atoms with Crippen LogP contribution in [-0.4, -0.2) is 37.2 Å². The van der Waals surface area contributed by atoms with Crippen molar-refractivity contribution in [2.75, 3.05) is 13.2 Å². The quantitative estimate of drug-likeness (QED) is 0.0261. The fourth-order valence-electron chi connectivity index (χ4n) is 9.61. The van der Waals surface area contributed by atoms with Gasteiger partial charge in [-0.25, -0.2) is 0 Å². The van der Waals surface area contributed by atoms with Crippen molar-refractivity contribution in [3.63, 3.8) is 0 Å². The Morgan fingerprint density at radius 1 is 0.280 bits per heavy atom. The van der Waals surface area contributed by atoms with Crippen LogP contribution < -0.4 is 0 Å². The van der Waals surface area contributed by atoms with Crippen LogP contribution in [-0.2, 0) is 28.6 Å². The highest BCUT2D eigenvalue weighted by atomic mass is 16.6. The van der Waals surface area contributed by atoms with Gasteiger partial charge in [0.15, 0.2) is 6.10 Å². The lowest BCUT2D eigenvalue weighted by Crippen LogP contribution is -2.30. The summed E-state index contributed by atoms with van der Waals surface area (Å²) in [7, 11) is 0. The zero-order valence-electron chi connectivity index (χ0n) is 50.1. The van der Waals surface area contributed by atoms with E-state index in [0.717, 1.165) is 109 Å². The highest BCUT2D eigenvalue weighted by molar-refractivity contribution is 5.71. The lowest BCUT2D eigenvalue weighted by molar-refractivity contribution is -0.167. The van der Waals surface area contributed by atoms with Gasteiger partial charge in [-0.05, 0) is 83.5 Å². The second-order valence-corrected chi connectivity index (χ2v) is 22.0. The molecule has 6 heteroatoms. The van der Waals surface area contributed by atoms with E-state index in [0.29, 0.717) is 19.3 Å². The summed E-state index contributed by atoms with van der Waals surface area (Å²) >= 11 is 0. The third-order valence-corrected chi connectivity index (χ3v) is 14.5. The van der Waals surface area contributed by atoms with E-state index in [1.807, 2.05) is 0 Å². The topological polar surface area (TPSA) is 78.9 Å². The molecule has 0 aliphatic carbocycles. The first-order valence-electron chi connectivity index (χ1n) is 32.8. The lowest BCUT2D eigenvalue weighted by Gasteiger charge is -2.18. The predicted molar refractivity (Wildman–Crippen MR) is 325 cm³/mol. The van der Waals surface area contributed by atoms with Gasteiger partial charge in [0, 0.05) is 19.3 Å². The first kappa shape index (κ1) is 72.1. The van der Waals surface area contributed by atoms with Gasteiger partial charge >= 0.3 is 17.9 Å². The SMILES string of the molecule is CC/C=C\C/C=C\C/C=C\CCCCCC(=O)OCC(COC(=O)CCCCCCCCCCCCCCCCCCCCCCCCCCCCCC)OC(=O)CCCCCCC/C=C\C/C=C\CCCCCC. The molecular weight excluding hydrogens is 925 g/mol. The van der Waals surface area contributed by atoms with Crippen LogP contribution in [0.1, 0.15) is 342 Å². The van der Waals surface area contributed by atoms with Gasteiger partial charge in [0.25, 0.3) is 0 Å². The van der Waals surface area contributed by atoms with E-state index < -0.39 is 6.10 Å². The van der Waals surface area contributed by atoms with E-state index in [1.165, 1.54) is 193 Å². The number of ether oxygens (including phenoxy) is 3. The molecule has 1 unspecified atom stereocenters. The minimum absolute atomic E-state index is 0.0867. The summed E-state index contributed by atoms with van der Waals surface area (Å²) < 4.78 is 16.9. The largest absolute Gasteiger partial charge is 0.462 e. The Labute approximate surface area is 466 Å². The molecule has 0 aromatic heterocycles. The summed E-state index contributed by atoms with van der Waals surface area (Å²) in [5.41, 5.74) is 0. The molecule has 0 radical (unpaired) electrons. The Bertz CT molecular complexity index is 1340. The van der Waals surface area contributed by atoms with E-state index in [4.69, 9.17) is 14.2 Å². The molecule has 0 spiro atoms. The van der Waals surface area contributed by atoms with Crippen LogP contribution in [0, 0.1) is 0 Å². The van der Waals surface area contributed by atoms with Crippen molar-refractivity contribution in [2.24, 2.45) is 0 Å².